The lowest BCUT2D eigenvalue weighted by Gasteiger charge is -2.36. The summed E-state index contributed by atoms with van der Waals surface area (Å²) in [7, 11) is 3.35. The molecule has 0 aliphatic carbocycles. The Balaban J connectivity index is 2.18. The van der Waals surface area contributed by atoms with Gasteiger partial charge in [-0.3, -0.25) is 0 Å². The van der Waals surface area contributed by atoms with Gasteiger partial charge in [-0.1, -0.05) is 61.5 Å². The van der Waals surface area contributed by atoms with Crippen LogP contribution in [0.2, 0.25) is 0 Å². The predicted octanol–water partition coefficient (Wildman–Crippen LogP) is 5.72. The largest absolute Gasteiger partial charge is 0.497 e. The van der Waals surface area contributed by atoms with Crippen LogP contribution < -0.4 is 9.47 Å². The second-order valence-electron chi connectivity index (χ2n) is 6.99. The zero-order valence-electron chi connectivity index (χ0n) is 17.2. The molecule has 0 amide bonds. The maximum absolute atomic E-state index is 6.72. The van der Waals surface area contributed by atoms with Crippen molar-refractivity contribution in [2.45, 2.75) is 24.2 Å². The molecule has 0 aromatic heterocycles. The van der Waals surface area contributed by atoms with Crippen LogP contribution >= 0.6 is 12.6 Å². The van der Waals surface area contributed by atoms with Crippen LogP contribution in [0.25, 0.3) is 0 Å². The second-order valence-corrected chi connectivity index (χ2v) is 7.87. The lowest BCUT2D eigenvalue weighted by Crippen LogP contribution is -2.33. The van der Waals surface area contributed by atoms with Crippen molar-refractivity contribution in [3.63, 3.8) is 0 Å². The van der Waals surface area contributed by atoms with Crippen molar-refractivity contribution in [2.24, 2.45) is 0 Å². The lowest BCUT2D eigenvalue weighted by molar-refractivity contribution is 0.0118. The fourth-order valence-electron chi connectivity index (χ4n) is 3.46. The Bertz CT molecular complexity index is 827. The van der Waals surface area contributed by atoms with Crippen molar-refractivity contribution in [2.75, 3.05) is 20.8 Å². The van der Waals surface area contributed by atoms with E-state index < -0.39 is 5.60 Å². The number of thiol groups is 1. The monoisotopic (exact) mass is 408 g/mol. The molecule has 0 fully saturated rings. The second kappa shape index (κ2) is 9.86. The minimum atomic E-state index is -0.748. The molecule has 1 unspecified atom stereocenters. The number of ether oxygens (including phenoxy) is 3. The zero-order chi connectivity index (χ0) is 20.7. The molecule has 4 heteroatoms. The highest BCUT2D eigenvalue weighted by Gasteiger charge is 2.37. The van der Waals surface area contributed by atoms with E-state index in [0.29, 0.717) is 6.61 Å². The van der Waals surface area contributed by atoms with Crippen molar-refractivity contribution in [1.29, 1.82) is 0 Å². The Kier molecular flexibility index (Phi) is 7.24. The van der Waals surface area contributed by atoms with Crippen molar-refractivity contribution in [3.8, 4) is 11.5 Å². The molecule has 3 aromatic rings. The van der Waals surface area contributed by atoms with E-state index in [4.69, 9.17) is 14.2 Å². The molecule has 3 rings (SSSR count). The van der Waals surface area contributed by atoms with Gasteiger partial charge < -0.3 is 14.2 Å². The highest BCUT2D eigenvalue weighted by Crippen LogP contribution is 2.41. The van der Waals surface area contributed by atoms with Crippen LogP contribution in [0, 0.1) is 0 Å². The maximum Gasteiger partial charge on any atom is 0.143 e. The number of hydrogen-bond donors (Lipinski definition) is 1. The van der Waals surface area contributed by atoms with E-state index >= 15 is 0 Å². The zero-order valence-corrected chi connectivity index (χ0v) is 18.1. The third-order valence-electron chi connectivity index (χ3n) is 5.03. The molecule has 3 nitrogen and oxygen atoms in total. The van der Waals surface area contributed by atoms with Gasteiger partial charge in [0.15, 0.2) is 0 Å². The maximum atomic E-state index is 6.72. The number of rotatable bonds is 9. The highest BCUT2D eigenvalue weighted by atomic mass is 32.1. The molecule has 1 atom stereocenters. The third-order valence-corrected chi connectivity index (χ3v) is 5.29. The molecular formula is C25H28O3S. The van der Waals surface area contributed by atoms with E-state index in [9.17, 15) is 0 Å². The van der Waals surface area contributed by atoms with E-state index in [2.05, 4.69) is 56.0 Å². The summed E-state index contributed by atoms with van der Waals surface area (Å²) in [5.74, 6) is 1.63. The number of hydrogen-bond acceptors (Lipinski definition) is 4. The average Bonchev–Trinajstić information content (AvgIpc) is 2.77. The topological polar surface area (TPSA) is 27.7 Å². The quantitative estimate of drug-likeness (QED) is 0.362. The first-order valence-electron chi connectivity index (χ1n) is 9.76. The van der Waals surface area contributed by atoms with E-state index in [0.717, 1.165) is 34.6 Å². The SMILES string of the molecule is COc1ccc(C(OCCC(C)S)(c2ccccc2)c2ccc(OC)cc2)cc1. The van der Waals surface area contributed by atoms with Crippen LogP contribution in [-0.2, 0) is 10.3 Å². The van der Waals surface area contributed by atoms with Crippen LogP contribution in [0.1, 0.15) is 30.0 Å². The Morgan fingerprint density at radius 1 is 0.724 bits per heavy atom. The van der Waals surface area contributed by atoms with Crippen LogP contribution in [0.5, 0.6) is 11.5 Å². The van der Waals surface area contributed by atoms with E-state index in [1.807, 2.05) is 42.5 Å². The number of benzene rings is 3. The van der Waals surface area contributed by atoms with E-state index in [-0.39, 0.29) is 5.25 Å². The fraction of sp³-hybridized carbons (Fsp3) is 0.280. The van der Waals surface area contributed by atoms with Gasteiger partial charge in [0.2, 0.25) is 0 Å². The summed E-state index contributed by atoms with van der Waals surface area (Å²) in [6.45, 7) is 2.66. The molecule has 0 saturated heterocycles. The van der Waals surface area contributed by atoms with Gasteiger partial charge in [-0.2, -0.15) is 12.6 Å². The summed E-state index contributed by atoms with van der Waals surface area (Å²) in [6, 6.07) is 26.5. The molecule has 0 heterocycles. The van der Waals surface area contributed by atoms with Crippen LogP contribution in [0.3, 0.4) is 0 Å². The van der Waals surface area contributed by atoms with Crippen LogP contribution in [0.15, 0.2) is 78.9 Å². The molecule has 0 bridgehead atoms. The molecule has 0 aliphatic rings. The van der Waals surface area contributed by atoms with Gasteiger partial charge in [0.1, 0.15) is 17.1 Å². The molecule has 0 N–H and O–H groups in total. The molecule has 152 valence electrons. The van der Waals surface area contributed by atoms with Crippen molar-refractivity contribution in [1.82, 2.24) is 0 Å². The van der Waals surface area contributed by atoms with Gasteiger partial charge >= 0.3 is 0 Å². The molecule has 0 radical (unpaired) electrons. The van der Waals surface area contributed by atoms with Crippen molar-refractivity contribution >= 4 is 12.6 Å². The van der Waals surface area contributed by atoms with Crippen molar-refractivity contribution < 1.29 is 14.2 Å². The molecule has 0 spiro atoms. The van der Waals surface area contributed by atoms with Gasteiger partial charge in [-0.25, -0.2) is 0 Å². The van der Waals surface area contributed by atoms with Gasteiger partial charge in [-0.15, -0.1) is 0 Å². The minimum Gasteiger partial charge on any atom is -0.497 e. The Morgan fingerprint density at radius 2 is 1.17 bits per heavy atom. The molecule has 0 saturated carbocycles. The van der Waals surface area contributed by atoms with E-state index in [1.54, 1.807) is 14.2 Å². The van der Waals surface area contributed by atoms with E-state index in [1.165, 1.54) is 0 Å². The molecule has 0 aliphatic heterocycles. The first kappa shape index (κ1) is 21.3. The fourth-order valence-corrected chi connectivity index (χ4v) is 3.56. The summed E-state index contributed by atoms with van der Waals surface area (Å²) >= 11 is 4.53. The van der Waals surface area contributed by atoms with Gasteiger partial charge in [0, 0.05) is 11.9 Å². The Labute approximate surface area is 179 Å². The number of methoxy groups -OCH3 is 2. The summed E-state index contributed by atoms with van der Waals surface area (Å²) in [5, 5.41) is 0.259. The third kappa shape index (κ3) is 4.77. The van der Waals surface area contributed by atoms with Gasteiger partial charge in [0.25, 0.3) is 0 Å². The first-order chi connectivity index (χ1) is 14.1. The minimum absolute atomic E-state index is 0.259. The Hall–Kier alpha value is -2.43. The van der Waals surface area contributed by atoms with Crippen LogP contribution in [-0.4, -0.2) is 26.1 Å². The van der Waals surface area contributed by atoms with Gasteiger partial charge in [-0.05, 0) is 47.4 Å². The lowest BCUT2D eigenvalue weighted by atomic mass is 9.80. The first-order valence-corrected chi connectivity index (χ1v) is 10.3. The predicted molar refractivity (Wildman–Crippen MR) is 121 cm³/mol. The molecular weight excluding hydrogens is 380 g/mol. The summed E-state index contributed by atoms with van der Waals surface area (Å²) in [5.41, 5.74) is 2.41. The summed E-state index contributed by atoms with van der Waals surface area (Å²) < 4.78 is 17.5. The standard InChI is InChI=1S/C25H28O3S/c1-19(29)17-18-28-25(20-7-5-4-6-8-20,21-9-13-23(26-2)14-10-21)22-11-15-24(27-3)16-12-22/h4-16,19,29H,17-18H2,1-3H3. The highest BCUT2D eigenvalue weighted by molar-refractivity contribution is 7.80. The Morgan fingerprint density at radius 3 is 1.59 bits per heavy atom. The summed E-state index contributed by atoms with van der Waals surface area (Å²) in [6.07, 6.45) is 0.851. The van der Waals surface area contributed by atoms with Gasteiger partial charge in [0.05, 0.1) is 14.2 Å². The smallest absolute Gasteiger partial charge is 0.143 e. The summed E-state index contributed by atoms with van der Waals surface area (Å²) in [4.78, 5) is 0. The molecule has 29 heavy (non-hydrogen) atoms. The van der Waals surface area contributed by atoms with Crippen molar-refractivity contribution in [3.05, 3.63) is 95.6 Å². The average molecular weight is 409 g/mol. The molecule has 3 aromatic carbocycles. The van der Waals surface area contributed by atoms with Crippen LogP contribution in [0.4, 0.5) is 0 Å². The normalized spacial score (nSPS) is 12.4.